The standard InChI is InChI=1S/C11H18N2O4S/c12-6-10-3-4-11(17-10)18(14,15)13-7-9-2-1-5-16-8-9/h3-4,9,13H,1-2,5-8,12H2. The van der Waals surface area contributed by atoms with Crippen LogP contribution in [0.2, 0.25) is 0 Å². The Morgan fingerprint density at radius 2 is 2.28 bits per heavy atom. The molecule has 1 unspecified atom stereocenters. The molecule has 3 N–H and O–H groups in total. The van der Waals surface area contributed by atoms with Crippen LogP contribution in [0.1, 0.15) is 18.6 Å². The Kier molecular flexibility index (Phi) is 4.39. The van der Waals surface area contributed by atoms with Crippen LogP contribution in [0, 0.1) is 5.92 Å². The molecule has 0 amide bonds. The van der Waals surface area contributed by atoms with Crippen LogP contribution in [-0.4, -0.2) is 28.2 Å². The van der Waals surface area contributed by atoms with Crippen molar-refractivity contribution in [2.24, 2.45) is 11.7 Å². The summed E-state index contributed by atoms with van der Waals surface area (Å²) in [5.74, 6) is 0.689. The van der Waals surface area contributed by atoms with Gasteiger partial charge >= 0.3 is 0 Å². The normalized spacial score (nSPS) is 21.1. The molecule has 1 aromatic heterocycles. The van der Waals surface area contributed by atoms with E-state index in [0.717, 1.165) is 19.4 Å². The van der Waals surface area contributed by atoms with E-state index in [1.807, 2.05) is 0 Å². The largest absolute Gasteiger partial charge is 0.447 e. The van der Waals surface area contributed by atoms with Crippen LogP contribution in [0.5, 0.6) is 0 Å². The average molecular weight is 274 g/mol. The highest BCUT2D eigenvalue weighted by atomic mass is 32.2. The number of ether oxygens (including phenoxy) is 1. The van der Waals surface area contributed by atoms with Crippen molar-refractivity contribution >= 4 is 10.0 Å². The van der Waals surface area contributed by atoms with Crippen molar-refractivity contribution in [2.75, 3.05) is 19.8 Å². The number of nitrogens with one attached hydrogen (secondary N) is 1. The van der Waals surface area contributed by atoms with Crippen molar-refractivity contribution in [1.82, 2.24) is 4.72 Å². The number of hydrogen-bond acceptors (Lipinski definition) is 5. The van der Waals surface area contributed by atoms with E-state index in [4.69, 9.17) is 14.9 Å². The van der Waals surface area contributed by atoms with Gasteiger partial charge in [0.15, 0.2) is 0 Å². The van der Waals surface area contributed by atoms with Crippen molar-refractivity contribution < 1.29 is 17.6 Å². The number of rotatable bonds is 5. The van der Waals surface area contributed by atoms with E-state index in [1.165, 1.54) is 6.07 Å². The number of sulfonamides is 1. The zero-order valence-electron chi connectivity index (χ0n) is 10.1. The quantitative estimate of drug-likeness (QED) is 0.812. The molecule has 18 heavy (non-hydrogen) atoms. The molecule has 0 aromatic carbocycles. The first-order valence-corrected chi connectivity index (χ1v) is 7.46. The molecule has 0 radical (unpaired) electrons. The molecule has 0 saturated carbocycles. The first-order chi connectivity index (χ1) is 8.62. The molecule has 1 aliphatic rings. The summed E-state index contributed by atoms with van der Waals surface area (Å²) in [4.78, 5) is 0. The predicted molar refractivity (Wildman–Crippen MR) is 65.3 cm³/mol. The second kappa shape index (κ2) is 5.83. The van der Waals surface area contributed by atoms with E-state index in [2.05, 4.69) is 4.72 Å². The fourth-order valence-electron chi connectivity index (χ4n) is 1.88. The maximum absolute atomic E-state index is 11.9. The highest BCUT2D eigenvalue weighted by Gasteiger charge is 2.21. The molecule has 2 rings (SSSR count). The minimum atomic E-state index is -3.58. The highest BCUT2D eigenvalue weighted by molar-refractivity contribution is 7.89. The van der Waals surface area contributed by atoms with E-state index in [9.17, 15) is 8.42 Å². The van der Waals surface area contributed by atoms with Gasteiger partial charge < -0.3 is 14.9 Å². The van der Waals surface area contributed by atoms with Gasteiger partial charge in [-0.25, -0.2) is 13.1 Å². The molecule has 0 spiro atoms. The fraction of sp³-hybridized carbons (Fsp3) is 0.636. The first-order valence-electron chi connectivity index (χ1n) is 5.98. The first kappa shape index (κ1) is 13.5. The van der Waals surface area contributed by atoms with E-state index < -0.39 is 10.0 Å². The summed E-state index contributed by atoms with van der Waals surface area (Å²) in [6, 6.07) is 2.99. The zero-order chi connectivity index (χ0) is 13.0. The Morgan fingerprint density at radius 3 is 2.89 bits per heavy atom. The third kappa shape index (κ3) is 3.32. The lowest BCUT2D eigenvalue weighted by Crippen LogP contribution is -2.33. The SMILES string of the molecule is NCc1ccc(S(=O)(=O)NCC2CCCOC2)o1. The smallest absolute Gasteiger partial charge is 0.273 e. The third-order valence-electron chi connectivity index (χ3n) is 2.92. The van der Waals surface area contributed by atoms with Crippen molar-refractivity contribution in [2.45, 2.75) is 24.5 Å². The second-order valence-electron chi connectivity index (χ2n) is 4.36. The Labute approximate surface area is 107 Å². The Hall–Kier alpha value is -0.890. The monoisotopic (exact) mass is 274 g/mol. The maximum atomic E-state index is 11.9. The van der Waals surface area contributed by atoms with Gasteiger partial charge in [0.25, 0.3) is 10.0 Å². The zero-order valence-corrected chi connectivity index (χ0v) is 10.9. The molecule has 2 heterocycles. The summed E-state index contributed by atoms with van der Waals surface area (Å²) >= 11 is 0. The van der Waals surface area contributed by atoms with Gasteiger partial charge in [-0.05, 0) is 30.9 Å². The fourth-order valence-corrected chi connectivity index (χ4v) is 2.94. The molecule has 7 heteroatoms. The molecule has 0 aliphatic carbocycles. The summed E-state index contributed by atoms with van der Waals surface area (Å²) in [6.45, 7) is 1.93. The number of hydrogen-bond donors (Lipinski definition) is 2. The lowest BCUT2D eigenvalue weighted by molar-refractivity contribution is 0.0567. The van der Waals surface area contributed by atoms with E-state index in [0.29, 0.717) is 18.9 Å². The van der Waals surface area contributed by atoms with Crippen molar-refractivity contribution in [1.29, 1.82) is 0 Å². The van der Waals surface area contributed by atoms with Crippen LogP contribution in [0.3, 0.4) is 0 Å². The molecular formula is C11H18N2O4S. The van der Waals surface area contributed by atoms with Crippen molar-refractivity contribution in [3.8, 4) is 0 Å². The number of furan rings is 1. The summed E-state index contributed by atoms with van der Waals surface area (Å²) in [6.07, 6.45) is 1.96. The summed E-state index contributed by atoms with van der Waals surface area (Å²) in [7, 11) is -3.58. The molecule has 1 aliphatic heterocycles. The van der Waals surface area contributed by atoms with Gasteiger partial charge in [0.05, 0.1) is 13.2 Å². The van der Waals surface area contributed by atoms with E-state index >= 15 is 0 Å². The molecule has 1 aromatic rings. The van der Waals surface area contributed by atoms with Gasteiger partial charge in [0.1, 0.15) is 5.76 Å². The predicted octanol–water partition coefficient (Wildman–Crippen LogP) is 0.443. The van der Waals surface area contributed by atoms with Gasteiger partial charge in [-0.3, -0.25) is 0 Å². The van der Waals surface area contributed by atoms with Crippen molar-refractivity contribution in [3.05, 3.63) is 17.9 Å². The molecular weight excluding hydrogens is 256 g/mol. The molecule has 1 atom stereocenters. The number of nitrogens with two attached hydrogens (primary N) is 1. The van der Waals surface area contributed by atoms with Gasteiger partial charge in [-0.15, -0.1) is 0 Å². The van der Waals surface area contributed by atoms with E-state index in [-0.39, 0.29) is 17.6 Å². The summed E-state index contributed by atoms with van der Waals surface area (Å²) in [5, 5.41) is -0.0836. The van der Waals surface area contributed by atoms with Crippen LogP contribution < -0.4 is 10.5 Å². The Morgan fingerprint density at radius 1 is 1.44 bits per heavy atom. The topological polar surface area (TPSA) is 94.6 Å². The third-order valence-corrected chi connectivity index (χ3v) is 4.22. The van der Waals surface area contributed by atoms with Gasteiger partial charge in [0.2, 0.25) is 5.09 Å². The molecule has 6 nitrogen and oxygen atoms in total. The summed E-state index contributed by atoms with van der Waals surface area (Å²) in [5.41, 5.74) is 5.37. The van der Waals surface area contributed by atoms with Gasteiger partial charge in [-0.1, -0.05) is 0 Å². The molecule has 0 bridgehead atoms. The highest BCUT2D eigenvalue weighted by Crippen LogP contribution is 2.16. The minimum absolute atomic E-state index is 0.0836. The lowest BCUT2D eigenvalue weighted by Gasteiger charge is -2.21. The molecule has 102 valence electrons. The van der Waals surface area contributed by atoms with Crippen LogP contribution in [0.25, 0.3) is 0 Å². The van der Waals surface area contributed by atoms with Crippen LogP contribution in [0.4, 0.5) is 0 Å². The molecule has 1 saturated heterocycles. The van der Waals surface area contributed by atoms with Crippen LogP contribution in [-0.2, 0) is 21.3 Å². The van der Waals surface area contributed by atoms with Gasteiger partial charge in [0, 0.05) is 13.2 Å². The Balaban J connectivity index is 1.94. The minimum Gasteiger partial charge on any atom is -0.447 e. The van der Waals surface area contributed by atoms with Crippen LogP contribution in [0.15, 0.2) is 21.6 Å². The lowest BCUT2D eigenvalue weighted by atomic mass is 10.0. The van der Waals surface area contributed by atoms with Gasteiger partial charge in [-0.2, -0.15) is 0 Å². The maximum Gasteiger partial charge on any atom is 0.273 e. The van der Waals surface area contributed by atoms with E-state index in [1.54, 1.807) is 6.07 Å². The Bertz CT molecular complexity index is 477. The summed E-state index contributed by atoms with van der Waals surface area (Å²) < 4.78 is 36.8. The van der Waals surface area contributed by atoms with Crippen molar-refractivity contribution in [3.63, 3.8) is 0 Å². The van der Waals surface area contributed by atoms with Crippen LogP contribution >= 0.6 is 0 Å². The second-order valence-corrected chi connectivity index (χ2v) is 6.06. The average Bonchev–Trinajstić information content (AvgIpc) is 2.87. The molecule has 1 fully saturated rings.